The average Bonchev–Trinajstić information content (AvgIpc) is 3.72. The van der Waals surface area contributed by atoms with Crippen molar-refractivity contribution in [2.45, 2.75) is 57.7 Å². The summed E-state index contributed by atoms with van der Waals surface area (Å²) in [7, 11) is 1.71. The van der Waals surface area contributed by atoms with Gasteiger partial charge in [-0.05, 0) is 86.0 Å². The molecule has 1 aliphatic carbocycles. The fraction of sp³-hybridized carbons (Fsp3) is 0.500. The zero-order valence-corrected chi connectivity index (χ0v) is 20.5. The van der Waals surface area contributed by atoms with E-state index in [9.17, 15) is 9.59 Å². The molecule has 7 heteroatoms. The second-order valence-electron chi connectivity index (χ2n) is 9.61. The highest BCUT2D eigenvalue weighted by atomic mass is 16.5. The first kappa shape index (κ1) is 25.2. The van der Waals surface area contributed by atoms with Crippen LogP contribution in [0, 0.1) is 5.92 Å². The number of aromatic carboxylic acids is 1. The number of methoxy groups -OCH3 is 1. The van der Waals surface area contributed by atoms with E-state index in [2.05, 4.69) is 22.3 Å². The molecule has 1 saturated heterocycles. The fourth-order valence-electron chi connectivity index (χ4n) is 4.65. The van der Waals surface area contributed by atoms with Crippen molar-refractivity contribution < 1.29 is 24.2 Å². The van der Waals surface area contributed by atoms with Crippen molar-refractivity contribution in [3.05, 3.63) is 64.7 Å². The standard InChI is InChI=1S/C28H36N2O5/c1-34-13-3-4-21-14-22(18-30(25-10-11-25)27(31)24-5-2-12-29-17-24)16-26(15-21)35-19-20-6-8-23(9-7-20)28(32)33/h6-9,14-16,24-25,29H,2-5,10-13,17-19H2,1H3,(H,32,33)/t24-/m1/s1. The summed E-state index contributed by atoms with van der Waals surface area (Å²) in [6.07, 6.45) is 5.95. The zero-order chi connectivity index (χ0) is 24.6. The third-order valence-electron chi connectivity index (χ3n) is 6.72. The van der Waals surface area contributed by atoms with E-state index in [4.69, 9.17) is 14.6 Å². The van der Waals surface area contributed by atoms with E-state index in [0.717, 1.165) is 68.5 Å². The largest absolute Gasteiger partial charge is 0.489 e. The van der Waals surface area contributed by atoms with Crippen LogP contribution >= 0.6 is 0 Å². The molecule has 188 valence electrons. The molecule has 1 atom stereocenters. The predicted octanol–water partition coefficient (Wildman–Crippen LogP) is 4.03. The van der Waals surface area contributed by atoms with Gasteiger partial charge in [-0.1, -0.05) is 18.2 Å². The van der Waals surface area contributed by atoms with E-state index in [0.29, 0.717) is 25.8 Å². The number of aryl methyl sites for hydroxylation is 1. The van der Waals surface area contributed by atoms with Gasteiger partial charge in [0, 0.05) is 32.8 Å². The van der Waals surface area contributed by atoms with Gasteiger partial charge in [0.25, 0.3) is 0 Å². The molecular formula is C28H36N2O5. The van der Waals surface area contributed by atoms with Crippen LogP contribution in [0.15, 0.2) is 42.5 Å². The number of nitrogens with one attached hydrogen (secondary N) is 1. The van der Waals surface area contributed by atoms with Gasteiger partial charge in [0.2, 0.25) is 5.91 Å². The van der Waals surface area contributed by atoms with Crippen molar-refractivity contribution in [1.29, 1.82) is 0 Å². The number of ether oxygens (including phenoxy) is 2. The highest BCUT2D eigenvalue weighted by Crippen LogP contribution is 2.32. The van der Waals surface area contributed by atoms with Crippen molar-refractivity contribution in [2.75, 3.05) is 26.8 Å². The van der Waals surface area contributed by atoms with Gasteiger partial charge in [-0.2, -0.15) is 0 Å². The summed E-state index contributed by atoms with van der Waals surface area (Å²) in [6, 6.07) is 13.4. The van der Waals surface area contributed by atoms with E-state index in [1.54, 1.807) is 31.4 Å². The molecule has 2 fully saturated rings. The number of hydrogen-bond acceptors (Lipinski definition) is 5. The minimum Gasteiger partial charge on any atom is -0.489 e. The molecule has 2 aromatic rings. The highest BCUT2D eigenvalue weighted by Gasteiger charge is 2.36. The maximum Gasteiger partial charge on any atom is 0.335 e. The minimum absolute atomic E-state index is 0.0683. The predicted molar refractivity (Wildman–Crippen MR) is 134 cm³/mol. The lowest BCUT2D eigenvalue weighted by molar-refractivity contribution is -0.137. The van der Waals surface area contributed by atoms with Crippen molar-refractivity contribution in [2.24, 2.45) is 5.92 Å². The molecule has 1 aliphatic heterocycles. The van der Waals surface area contributed by atoms with Crippen LogP contribution in [0.25, 0.3) is 0 Å². The van der Waals surface area contributed by atoms with Crippen LogP contribution in [-0.2, 0) is 29.1 Å². The lowest BCUT2D eigenvalue weighted by Crippen LogP contribution is -2.43. The first-order valence-electron chi connectivity index (χ1n) is 12.6. The summed E-state index contributed by atoms with van der Waals surface area (Å²) in [6.45, 7) is 3.41. The van der Waals surface area contributed by atoms with Gasteiger partial charge in [0.1, 0.15) is 12.4 Å². The van der Waals surface area contributed by atoms with Gasteiger partial charge in [-0.15, -0.1) is 0 Å². The molecule has 0 bridgehead atoms. The number of nitrogens with zero attached hydrogens (tertiary/aromatic N) is 1. The van der Waals surface area contributed by atoms with Crippen molar-refractivity contribution in [3.63, 3.8) is 0 Å². The van der Waals surface area contributed by atoms with E-state index >= 15 is 0 Å². The Labute approximate surface area is 207 Å². The Morgan fingerprint density at radius 3 is 2.49 bits per heavy atom. The molecule has 35 heavy (non-hydrogen) atoms. The molecule has 0 radical (unpaired) electrons. The van der Waals surface area contributed by atoms with Gasteiger partial charge < -0.3 is 24.8 Å². The smallest absolute Gasteiger partial charge is 0.335 e. The normalized spacial score (nSPS) is 17.7. The van der Waals surface area contributed by atoms with E-state index in [1.807, 2.05) is 6.07 Å². The molecule has 2 aliphatic rings. The molecule has 0 spiro atoms. The SMILES string of the molecule is COCCCc1cc(CN(C(=O)[C@@H]2CCCNC2)C2CC2)cc(OCc2ccc(C(=O)O)cc2)c1. The Bertz CT molecular complexity index is 997. The Morgan fingerprint density at radius 2 is 1.83 bits per heavy atom. The third-order valence-corrected chi connectivity index (χ3v) is 6.72. The van der Waals surface area contributed by atoms with Gasteiger partial charge >= 0.3 is 5.97 Å². The number of carbonyl (C=O) groups excluding carboxylic acids is 1. The van der Waals surface area contributed by atoms with E-state index in [-0.39, 0.29) is 17.4 Å². The first-order chi connectivity index (χ1) is 17.0. The summed E-state index contributed by atoms with van der Waals surface area (Å²) >= 11 is 0. The van der Waals surface area contributed by atoms with Crippen LogP contribution in [0.4, 0.5) is 0 Å². The summed E-state index contributed by atoms with van der Waals surface area (Å²) in [5.41, 5.74) is 3.41. The second-order valence-corrected chi connectivity index (χ2v) is 9.61. The number of benzene rings is 2. The van der Waals surface area contributed by atoms with Crippen LogP contribution in [0.1, 0.15) is 59.2 Å². The maximum atomic E-state index is 13.3. The first-order valence-corrected chi connectivity index (χ1v) is 12.6. The van der Waals surface area contributed by atoms with Crippen molar-refractivity contribution in [1.82, 2.24) is 10.2 Å². The Morgan fingerprint density at radius 1 is 1.06 bits per heavy atom. The highest BCUT2D eigenvalue weighted by molar-refractivity contribution is 5.87. The Hall–Kier alpha value is -2.90. The maximum absolute atomic E-state index is 13.3. The van der Waals surface area contributed by atoms with Crippen molar-refractivity contribution in [3.8, 4) is 5.75 Å². The summed E-state index contributed by atoms with van der Waals surface area (Å²) in [5, 5.41) is 12.5. The fourth-order valence-corrected chi connectivity index (χ4v) is 4.65. The molecule has 1 saturated carbocycles. The quantitative estimate of drug-likeness (QED) is 0.446. The molecule has 7 nitrogen and oxygen atoms in total. The van der Waals surface area contributed by atoms with Crippen LogP contribution in [0.5, 0.6) is 5.75 Å². The number of piperidine rings is 1. The molecule has 1 heterocycles. The summed E-state index contributed by atoms with van der Waals surface area (Å²) < 4.78 is 11.3. The second kappa shape index (κ2) is 12.2. The number of carboxylic acids is 1. The summed E-state index contributed by atoms with van der Waals surface area (Å²) in [5.74, 6) is 0.161. The number of rotatable bonds is 12. The number of carboxylic acid groups (broad SMARTS) is 1. The zero-order valence-electron chi connectivity index (χ0n) is 20.5. The molecule has 4 rings (SSSR count). The van der Waals surface area contributed by atoms with Crippen LogP contribution in [0.3, 0.4) is 0 Å². The van der Waals surface area contributed by atoms with Gasteiger partial charge in [0.05, 0.1) is 11.5 Å². The van der Waals surface area contributed by atoms with Gasteiger partial charge in [0.15, 0.2) is 0 Å². The van der Waals surface area contributed by atoms with Gasteiger partial charge in [-0.25, -0.2) is 4.79 Å². The molecule has 0 unspecified atom stereocenters. The lowest BCUT2D eigenvalue weighted by atomic mass is 9.97. The minimum atomic E-state index is -0.940. The number of carbonyl (C=O) groups is 2. The van der Waals surface area contributed by atoms with E-state index < -0.39 is 5.97 Å². The molecule has 2 aromatic carbocycles. The third kappa shape index (κ3) is 7.29. The number of hydrogen-bond donors (Lipinski definition) is 2. The lowest BCUT2D eigenvalue weighted by Gasteiger charge is -2.30. The molecule has 0 aromatic heterocycles. The van der Waals surface area contributed by atoms with Crippen LogP contribution in [0.2, 0.25) is 0 Å². The molecular weight excluding hydrogens is 444 g/mol. The van der Waals surface area contributed by atoms with Crippen LogP contribution < -0.4 is 10.1 Å². The summed E-state index contributed by atoms with van der Waals surface area (Å²) in [4.78, 5) is 26.5. The van der Waals surface area contributed by atoms with Crippen molar-refractivity contribution >= 4 is 11.9 Å². The van der Waals surface area contributed by atoms with Crippen LogP contribution in [-0.4, -0.2) is 54.7 Å². The molecule has 1 amide bonds. The Balaban J connectivity index is 1.48. The Kier molecular flexibility index (Phi) is 8.77. The number of amides is 1. The van der Waals surface area contributed by atoms with Gasteiger partial charge in [-0.3, -0.25) is 4.79 Å². The monoisotopic (exact) mass is 480 g/mol. The topological polar surface area (TPSA) is 88.1 Å². The molecule has 2 N–H and O–H groups in total. The van der Waals surface area contributed by atoms with E-state index in [1.165, 1.54) is 5.56 Å². The average molecular weight is 481 g/mol.